The Bertz CT molecular complexity index is 622. The molecule has 0 heterocycles. The number of rotatable bonds is 9. The van der Waals surface area contributed by atoms with Crippen LogP contribution in [0.2, 0.25) is 0 Å². The first-order valence-corrected chi connectivity index (χ1v) is 6.65. The lowest BCUT2D eigenvalue weighted by Gasteiger charge is -2.10. The molecule has 0 fully saturated rings. The number of ether oxygens (including phenoxy) is 3. The Morgan fingerprint density at radius 1 is 1.38 bits per heavy atom. The second-order valence-corrected chi connectivity index (χ2v) is 4.31. The van der Waals surface area contributed by atoms with Gasteiger partial charge in [-0.3, -0.25) is 14.9 Å². The number of hydrogen-bond donors (Lipinski definition) is 1. The van der Waals surface area contributed by atoms with Crippen molar-refractivity contribution in [1.29, 1.82) is 0 Å². The van der Waals surface area contributed by atoms with Crippen molar-refractivity contribution in [3.05, 3.63) is 33.9 Å². The van der Waals surface area contributed by atoms with Crippen molar-refractivity contribution < 1.29 is 32.7 Å². The molecule has 0 aliphatic heterocycles. The summed E-state index contributed by atoms with van der Waals surface area (Å²) in [6, 6.07) is 1.95. The second-order valence-electron chi connectivity index (χ2n) is 4.31. The average molecular weight is 346 g/mol. The van der Waals surface area contributed by atoms with E-state index >= 15 is 0 Å². The molecule has 0 unspecified atom stereocenters. The summed E-state index contributed by atoms with van der Waals surface area (Å²) < 4.78 is 38.5. The Morgan fingerprint density at radius 2 is 2.08 bits per heavy atom. The van der Waals surface area contributed by atoms with Crippen LogP contribution in [-0.2, 0) is 9.53 Å². The Balaban J connectivity index is 3.08. The molecule has 1 N–H and O–H groups in total. The molecule has 0 atom stereocenters. The quantitative estimate of drug-likeness (QED) is 0.318. The monoisotopic (exact) mass is 346 g/mol. The first kappa shape index (κ1) is 19.3. The molecule has 24 heavy (non-hydrogen) atoms. The highest BCUT2D eigenvalue weighted by Crippen LogP contribution is 2.36. The first-order chi connectivity index (χ1) is 11.4. The zero-order chi connectivity index (χ0) is 18.1. The molecule has 10 heteroatoms. The standard InChI is InChI=1S/C14H16F2N2O6/c1-22-6-5-17-13(19)4-3-9-7-11(23-2)12(24-14(15)16)8-10(9)18(20)21/h3-4,7-8,14H,5-6H2,1-2H3,(H,17,19)/b4-3+. The number of carbonyl (C=O) groups is 1. The molecule has 1 rings (SSSR count). The Kier molecular flexibility index (Phi) is 7.56. The predicted molar refractivity (Wildman–Crippen MR) is 80.2 cm³/mol. The third-order valence-electron chi connectivity index (χ3n) is 2.75. The molecule has 0 bridgehead atoms. The lowest BCUT2D eigenvalue weighted by atomic mass is 10.1. The van der Waals surface area contributed by atoms with Crippen LogP contribution in [0, 0.1) is 10.1 Å². The van der Waals surface area contributed by atoms with Crippen LogP contribution in [0.15, 0.2) is 18.2 Å². The van der Waals surface area contributed by atoms with E-state index in [1.165, 1.54) is 20.3 Å². The molecule has 132 valence electrons. The summed E-state index contributed by atoms with van der Waals surface area (Å²) in [6.07, 6.45) is 2.25. The highest BCUT2D eigenvalue weighted by molar-refractivity contribution is 5.92. The summed E-state index contributed by atoms with van der Waals surface area (Å²) in [5.74, 6) is -1.09. The van der Waals surface area contributed by atoms with Gasteiger partial charge in [-0.1, -0.05) is 0 Å². The van der Waals surface area contributed by atoms with Gasteiger partial charge in [-0.15, -0.1) is 0 Å². The topological polar surface area (TPSA) is 99.9 Å². The van der Waals surface area contributed by atoms with Gasteiger partial charge in [-0.2, -0.15) is 8.78 Å². The molecule has 1 aromatic carbocycles. The highest BCUT2D eigenvalue weighted by atomic mass is 19.3. The summed E-state index contributed by atoms with van der Waals surface area (Å²) in [7, 11) is 2.67. The van der Waals surface area contributed by atoms with Crippen LogP contribution in [0.4, 0.5) is 14.5 Å². The number of alkyl halides is 2. The number of nitrogens with one attached hydrogen (secondary N) is 1. The molecule has 1 aromatic rings. The minimum atomic E-state index is -3.16. The molecule has 0 radical (unpaired) electrons. The lowest BCUT2D eigenvalue weighted by Crippen LogP contribution is -2.24. The van der Waals surface area contributed by atoms with E-state index in [1.807, 2.05) is 0 Å². The van der Waals surface area contributed by atoms with Crippen LogP contribution in [0.5, 0.6) is 11.5 Å². The fourth-order valence-electron chi connectivity index (χ4n) is 1.70. The maximum absolute atomic E-state index is 12.3. The molecular formula is C14H16F2N2O6. The van der Waals surface area contributed by atoms with Crippen molar-refractivity contribution in [3.8, 4) is 11.5 Å². The largest absolute Gasteiger partial charge is 0.493 e. The highest BCUT2D eigenvalue weighted by Gasteiger charge is 2.20. The van der Waals surface area contributed by atoms with E-state index in [9.17, 15) is 23.7 Å². The Labute approximate surface area is 136 Å². The van der Waals surface area contributed by atoms with Gasteiger partial charge in [-0.25, -0.2) is 0 Å². The number of benzene rings is 1. The molecule has 0 aromatic heterocycles. The second kappa shape index (κ2) is 9.40. The van der Waals surface area contributed by atoms with Crippen molar-refractivity contribution in [2.45, 2.75) is 6.61 Å². The van der Waals surface area contributed by atoms with Gasteiger partial charge >= 0.3 is 6.61 Å². The predicted octanol–water partition coefficient (Wildman–Crippen LogP) is 1.98. The van der Waals surface area contributed by atoms with Crippen LogP contribution >= 0.6 is 0 Å². The van der Waals surface area contributed by atoms with Crippen molar-refractivity contribution in [2.75, 3.05) is 27.4 Å². The summed E-state index contributed by atoms with van der Waals surface area (Å²) in [6.45, 7) is -2.58. The Morgan fingerprint density at radius 3 is 2.62 bits per heavy atom. The van der Waals surface area contributed by atoms with E-state index in [0.29, 0.717) is 6.61 Å². The van der Waals surface area contributed by atoms with Gasteiger partial charge in [0.1, 0.15) is 0 Å². The normalized spacial score (nSPS) is 10.9. The zero-order valence-electron chi connectivity index (χ0n) is 13.0. The number of nitrogens with zero attached hydrogens (tertiary/aromatic N) is 1. The maximum Gasteiger partial charge on any atom is 0.387 e. The number of methoxy groups -OCH3 is 2. The summed E-state index contributed by atoms with van der Waals surface area (Å²) in [5, 5.41) is 13.6. The molecule has 1 amide bonds. The van der Waals surface area contributed by atoms with Gasteiger partial charge in [0.25, 0.3) is 5.69 Å². The smallest absolute Gasteiger partial charge is 0.387 e. The maximum atomic E-state index is 12.3. The fraction of sp³-hybridized carbons (Fsp3) is 0.357. The number of halogens is 2. The molecule has 0 spiro atoms. The number of hydrogen-bond acceptors (Lipinski definition) is 6. The minimum Gasteiger partial charge on any atom is -0.493 e. The molecule has 0 saturated carbocycles. The summed E-state index contributed by atoms with van der Waals surface area (Å²) in [5.41, 5.74) is -0.507. The molecule has 8 nitrogen and oxygen atoms in total. The van der Waals surface area contributed by atoms with Gasteiger partial charge < -0.3 is 19.5 Å². The van der Waals surface area contributed by atoms with Gasteiger partial charge in [0, 0.05) is 19.7 Å². The van der Waals surface area contributed by atoms with Crippen LogP contribution in [-0.4, -0.2) is 44.8 Å². The molecule has 0 saturated heterocycles. The SMILES string of the molecule is COCCNC(=O)/C=C/c1cc(OC)c(OC(F)F)cc1[N+](=O)[O-]. The summed E-state index contributed by atoms with van der Waals surface area (Å²) >= 11 is 0. The Hall–Kier alpha value is -2.75. The van der Waals surface area contributed by atoms with E-state index in [-0.39, 0.29) is 17.9 Å². The fourth-order valence-corrected chi connectivity index (χ4v) is 1.70. The van der Waals surface area contributed by atoms with Crippen LogP contribution < -0.4 is 14.8 Å². The molecule has 0 aliphatic carbocycles. The van der Waals surface area contributed by atoms with Gasteiger partial charge in [0.15, 0.2) is 11.5 Å². The first-order valence-electron chi connectivity index (χ1n) is 6.65. The van der Waals surface area contributed by atoms with Gasteiger partial charge in [0.05, 0.1) is 30.3 Å². The van der Waals surface area contributed by atoms with Crippen LogP contribution in [0.25, 0.3) is 6.08 Å². The average Bonchev–Trinajstić information content (AvgIpc) is 2.52. The van der Waals surface area contributed by atoms with Gasteiger partial charge in [-0.05, 0) is 12.1 Å². The van der Waals surface area contributed by atoms with E-state index in [4.69, 9.17) is 9.47 Å². The minimum absolute atomic E-state index is 0.000331. The van der Waals surface area contributed by atoms with Crippen molar-refractivity contribution in [1.82, 2.24) is 5.32 Å². The number of amides is 1. The van der Waals surface area contributed by atoms with E-state index < -0.39 is 28.9 Å². The third kappa shape index (κ3) is 5.80. The lowest BCUT2D eigenvalue weighted by molar-refractivity contribution is -0.385. The number of nitro benzene ring substituents is 1. The molecular weight excluding hydrogens is 330 g/mol. The number of nitro groups is 1. The van der Waals surface area contributed by atoms with E-state index in [0.717, 1.165) is 18.2 Å². The summed E-state index contributed by atoms with van der Waals surface area (Å²) in [4.78, 5) is 21.9. The van der Waals surface area contributed by atoms with Crippen molar-refractivity contribution in [2.24, 2.45) is 0 Å². The van der Waals surface area contributed by atoms with E-state index in [2.05, 4.69) is 10.1 Å². The van der Waals surface area contributed by atoms with Crippen molar-refractivity contribution in [3.63, 3.8) is 0 Å². The third-order valence-corrected chi connectivity index (χ3v) is 2.75. The van der Waals surface area contributed by atoms with Crippen LogP contribution in [0.1, 0.15) is 5.56 Å². The number of carbonyl (C=O) groups excluding carboxylic acids is 1. The van der Waals surface area contributed by atoms with Crippen LogP contribution in [0.3, 0.4) is 0 Å². The van der Waals surface area contributed by atoms with E-state index in [1.54, 1.807) is 0 Å². The van der Waals surface area contributed by atoms with Gasteiger partial charge in [0.2, 0.25) is 5.91 Å². The zero-order valence-corrected chi connectivity index (χ0v) is 13.0. The molecule has 0 aliphatic rings. The van der Waals surface area contributed by atoms with Crippen molar-refractivity contribution >= 4 is 17.7 Å².